The van der Waals surface area contributed by atoms with Crippen molar-refractivity contribution in [2.45, 2.75) is 36.9 Å². The van der Waals surface area contributed by atoms with Crippen LogP contribution in [0.15, 0.2) is 35.6 Å². The van der Waals surface area contributed by atoms with E-state index < -0.39 is 0 Å². The molecule has 2 aliphatic rings. The van der Waals surface area contributed by atoms with Crippen molar-refractivity contribution in [3.05, 3.63) is 41.7 Å². The van der Waals surface area contributed by atoms with Crippen LogP contribution in [0.1, 0.15) is 24.0 Å². The monoisotopic (exact) mass is 441 g/mol. The van der Waals surface area contributed by atoms with Crippen LogP contribution in [0.4, 0.5) is 5.13 Å². The predicted octanol–water partition coefficient (Wildman–Crippen LogP) is 3.04. The number of rotatable bonds is 6. The fourth-order valence-electron chi connectivity index (χ4n) is 3.84. The van der Waals surface area contributed by atoms with Gasteiger partial charge in [-0.25, -0.2) is 9.97 Å². The van der Waals surface area contributed by atoms with Crippen LogP contribution in [0, 0.1) is 0 Å². The molecule has 0 spiro atoms. The number of fused-ring (bicyclic) bond motifs is 2. The molecule has 1 atom stereocenters. The highest BCUT2D eigenvalue weighted by molar-refractivity contribution is 8.00. The Hall–Kier alpha value is -2.23. The van der Waals surface area contributed by atoms with E-state index in [1.165, 1.54) is 29.2 Å². The van der Waals surface area contributed by atoms with E-state index in [9.17, 15) is 4.79 Å². The van der Waals surface area contributed by atoms with Gasteiger partial charge in [-0.15, -0.1) is 0 Å². The second-order valence-corrected chi connectivity index (χ2v) is 9.44. The molecule has 9 heteroatoms. The highest BCUT2D eigenvalue weighted by atomic mass is 32.2. The van der Waals surface area contributed by atoms with Gasteiger partial charge < -0.3 is 15.0 Å². The maximum Gasteiger partial charge on any atom is 0.230 e. The third-order valence-corrected chi connectivity index (χ3v) is 7.67. The van der Waals surface area contributed by atoms with Crippen LogP contribution in [0.25, 0.3) is 10.3 Å². The molecule has 1 fully saturated rings. The number of anilines is 1. The van der Waals surface area contributed by atoms with Gasteiger partial charge in [0.25, 0.3) is 0 Å². The molecule has 0 unspecified atom stereocenters. The molecule has 1 saturated heterocycles. The largest absolute Gasteiger partial charge is 0.376 e. The number of thioether (sulfide) groups is 1. The standard InChI is InChI=1S/C21H23N5O2S2/c27-17(22-10-16-6-3-9-28-16)12-29-20-18-19(23-13-24-20)25-21(30-18)26-8-7-14-4-1-2-5-15(14)11-26/h1-2,4-5,13,16H,3,6-12H2,(H,22,27)/t16-/m0/s1. The number of carbonyl (C=O) groups is 1. The fraction of sp³-hybridized carbons (Fsp3) is 0.429. The van der Waals surface area contributed by atoms with Crippen molar-refractivity contribution < 1.29 is 9.53 Å². The van der Waals surface area contributed by atoms with E-state index in [4.69, 9.17) is 9.72 Å². The van der Waals surface area contributed by atoms with Gasteiger partial charge in [0.15, 0.2) is 10.8 Å². The zero-order valence-electron chi connectivity index (χ0n) is 16.5. The number of benzene rings is 1. The Morgan fingerprint density at radius 3 is 3.07 bits per heavy atom. The smallest absolute Gasteiger partial charge is 0.230 e. The molecule has 1 aromatic carbocycles. The lowest BCUT2D eigenvalue weighted by molar-refractivity contribution is -0.119. The number of thiazole rings is 1. The number of ether oxygens (including phenoxy) is 1. The summed E-state index contributed by atoms with van der Waals surface area (Å²) in [5.41, 5.74) is 3.47. The van der Waals surface area contributed by atoms with Gasteiger partial charge in [-0.2, -0.15) is 4.98 Å². The van der Waals surface area contributed by atoms with Gasteiger partial charge in [0.2, 0.25) is 5.91 Å². The normalized spacial score (nSPS) is 18.5. The second-order valence-electron chi connectivity index (χ2n) is 7.50. The van der Waals surface area contributed by atoms with Crippen LogP contribution < -0.4 is 10.2 Å². The summed E-state index contributed by atoms with van der Waals surface area (Å²) in [6.07, 6.45) is 4.80. The van der Waals surface area contributed by atoms with Crippen LogP contribution in [0.2, 0.25) is 0 Å². The predicted molar refractivity (Wildman–Crippen MR) is 119 cm³/mol. The number of nitrogens with zero attached hydrogens (tertiary/aromatic N) is 4. The summed E-state index contributed by atoms with van der Waals surface area (Å²) >= 11 is 3.04. The lowest BCUT2D eigenvalue weighted by atomic mass is 10.0. The maximum atomic E-state index is 12.2. The van der Waals surface area contributed by atoms with Crippen molar-refractivity contribution in [1.29, 1.82) is 0 Å². The quantitative estimate of drug-likeness (QED) is 0.465. The molecule has 5 rings (SSSR count). The molecule has 0 radical (unpaired) electrons. The number of amides is 1. The molecule has 0 aliphatic carbocycles. The summed E-state index contributed by atoms with van der Waals surface area (Å²) in [5, 5.41) is 4.74. The lowest BCUT2D eigenvalue weighted by Crippen LogP contribution is -2.32. The van der Waals surface area contributed by atoms with E-state index in [1.807, 2.05) is 0 Å². The Bertz CT molecular complexity index is 1050. The van der Waals surface area contributed by atoms with Crippen molar-refractivity contribution in [2.24, 2.45) is 0 Å². The highest BCUT2D eigenvalue weighted by Crippen LogP contribution is 2.35. The molecule has 156 valence electrons. The summed E-state index contributed by atoms with van der Waals surface area (Å²) < 4.78 is 6.50. The molecule has 0 bridgehead atoms. The average molecular weight is 442 g/mol. The van der Waals surface area contributed by atoms with E-state index in [0.29, 0.717) is 17.9 Å². The van der Waals surface area contributed by atoms with Gasteiger partial charge in [-0.1, -0.05) is 47.4 Å². The number of carbonyl (C=O) groups excluding carboxylic acids is 1. The van der Waals surface area contributed by atoms with E-state index in [1.54, 1.807) is 11.3 Å². The number of nitrogens with one attached hydrogen (secondary N) is 1. The van der Waals surface area contributed by atoms with Crippen molar-refractivity contribution in [1.82, 2.24) is 20.3 Å². The average Bonchev–Trinajstić information content (AvgIpc) is 3.46. The third-order valence-electron chi connectivity index (χ3n) is 5.44. The van der Waals surface area contributed by atoms with E-state index in [2.05, 4.69) is 44.5 Å². The van der Waals surface area contributed by atoms with Gasteiger partial charge in [-0.3, -0.25) is 4.79 Å². The van der Waals surface area contributed by atoms with Crippen LogP contribution >= 0.6 is 23.1 Å². The summed E-state index contributed by atoms with van der Waals surface area (Å²) in [7, 11) is 0. The summed E-state index contributed by atoms with van der Waals surface area (Å²) in [6, 6.07) is 8.58. The second kappa shape index (κ2) is 8.87. The Labute approximate surface area is 183 Å². The molecule has 0 saturated carbocycles. The minimum absolute atomic E-state index is 0.000335. The van der Waals surface area contributed by atoms with Crippen LogP contribution in [-0.4, -0.2) is 52.4 Å². The molecule has 2 aromatic heterocycles. The van der Waals surface area contributed by atoms with Crippen molar-refractivity contribution >= 4 is 44.5 Å². The van der Waals surface area contributed by atoms with Crippen molar-refractivity contribution in [3.8, 4) is 0 Å². The zero-order valence-corrected chi connectivity index (χ0v) is 18.2. The van der Waals surface area contributed by atoms with Crippen LogP contribution in [0.3, 0.4) is 0 Å². The molecular formula is C21H23N5O2S2. The lowest BCUT2D eigenvalue weighted by Gasteiger charge is -2.28. The molecule has 30 heavy (non-hydrogen) atoms. The summed E-state index contributed by atoms with van der Waals surface area (Å²) in [6.45, 7) is 3.18. The first kappa shape index (κ1) is 19.7. The molecule has 1 amide bonds. The highest BCUT2D eigenvalue weighted by Gasteiger charge is 2.21. The molecule has 7 nitrogen and oxygen atoms in total. The molecular weight excluding hydrogens is 418 g/mol. The molecule has 2 aliphatic heterocycles. The molecule has 1 N–H and O–H groups in total. The van der Waals surface area contributed by atoms with E-state index in [0.717, 1.165) is 53.8 Å². The van der Waals surface area contributed by atoms with Gasteiger partial charge in [0.1, 0.15) is 16.1 Å². The van der Waals surface area contributed by atoms with Crippen LogP contribution in [-0.2, 0) is 22.5 Å². The first-order chi connectivity index (χ1) is 14.8. The van der Waals surface area contributed by atoms with Crippen molar-refractivity contribution in [2.75, 3.05) is 30.3 Å². The number of hydrogen-bond acceptors (Lipinski definition) is 8. The van der Waals surface area contributed by atoms with Crippen LogP contribution in [0.5, 0.6) is 0 Å². The Kier molecular flexibility index (Phi) is 5.83. The Morgan fingerprint density at radius 1 is 1.30 bits per heavy atom. The maximum absolute atomic E-state index is 12.2. The van der Waals surface area contributed by atoms with Gasteiger partial charge in [-0.05, 0) is 30.4 Å². The molecule has 4 heterocycles. The minimum atomic E-state index is -0.000335. The fourth-order valence-corrected chi connectivity index (χ4v) is 5.78. The topological polar surface area (TPSA) is 80.2 Å². The van der Waals surface area contributed by atoms with Gasteiger partial charge in [0.05, 0.1) is 11.9 Å². The minimum Gasteiger partial charge on any atom is -0.376 e. The first-order valence-corrected chi connectivity index (χ1v) is 12.0. The Balaban J connectivity index is 1.25. The van der Waals surface area contributed by atoms with Gasteiger partial charge >= 0.3 is 0 Å². The Morgan fingerprint density at radius 2 is 2.20 bits per heavy atom. The number of aromatic nitrogens is 3. The SMILES string of the molecule is O=C(CSc1ncnc2nc(N3CCc4ccccc4C3)sc12)NC[C@@H]1CCCO1. The third kappa shape index (κ3) is 4.28. The van der Waals surface area contributed by atoms with Gasteiger partial charge in [0, 0.05) is 26.2 Å². The van der Waals surface area contributed by atoms with E-state index in [-0.39, 0.29) is 12.0 Å². The summed E-state index contributed by atoms with van der Waals surface area (Å²) in [4.78, 5) is 28.0. The van der Waals surface area contributed by atoms with E-state index >= 15 is 0 Å². The molecule has 3 aromatic rings. The summed E-state index contributed by atoms with van der Waals surface area (Å²) in [5.74, 6) is 0.322. The first-order valence-electron chi connectivity index (χ1n) is 10.2. The van der Waals surface area contributed by atoms with Crippen molar-refractivity contribution in [3.63, 3.8) is 0 Å². The zero-order chi connectivity index (χ0) is 20.3. The number of hydrogen-bond donors (Lipinski definition) is 1.